The van der Waals surface area contributed by atoms with Crippen molar-refractivity contribution in [3.05, 3.63) is 0 Å². The number of thioether (sulfide) groups is 1. The van der Waals surface area contributed by atoms with Gasteiger partial charge in [0.1, 0.15) is 0 Å². The minimum Gasteiger partial charge on any atom is -0.309 e. The van der Waals surface area contributed by atoms with Crippen LogP contribution in [-0.2, 0) is 4.79 Å². The van der Waals surface area contributed by atoms with Crippen LogP contribution in [0.25, 0.3) is 0 Å². The topological polar surface area (TPSA) is 40.6 Å². The van der Waals surface area contributed by atoms with Gasteiger partial charge < -0.3 is 4.90 Å². The zero-order chi connectivity index (χ0) is 9.84. The maximum atomic E-state index is 11.1. The average molecular weight is 202 g/mol. The van der Waals surface area contributed by atoms with Crippen LogP contribution in [-0.4, -0.2) is 53.9 Å². The Kier molecular flexibility index (Phi) is 3.74. The summed E-state index contributed by atoms with van der Waals surface area (Å²) >= 11 is 1.10. The molecule has 0 spiro atoms. The van der Waals surface area contributed by atoms with E-state index in [4.69, 9.17) is 0 Å². The molecule has 0 bridgehead atoms. The number of amides is 2. The molecule has 1 rings (SSSR count). The largest absolute Gasteiger partial charge is 0.309 e. The average Bonchev–Trinajstić information content (AvgIpc) is 2.34. The number of imide groups is 1. The smallest absolute Gasteiger partial charge is 0.288 e. The van der Waals surface area contributed by atoms with Crippen molar-refractivity contribution in [1.82, 2.24) is 9.80 Å². The SMILES string of the molecule is CN(C)CCCN1C(=O)CSC1=O. The van der Waals surface area contributed by atoms with Crippen LogP contribution in [0.4, 0.5) is 4.79 Å². The summed E-state index contributed by atoms with van der Waals surface area (Å²) in [6.45, 7) is 1.46. The van der Waals surface area contributed by atoms with Crippen LogP contribution in [0.1, 0.15) is 6.42 Å². The third kappa shape index (κ3) is 3.00. The number of carbonyl (C=O) groups excluding carboxylic acids is 2. The van der Waals surface area contributed by atoms with Crippen LogP contribution in [0.15, 0.2) is 0 Å². The molecular weight excluding hydrogens is 188 g/mol. The Morgan fingerprint density at radius 1 is 1.46 bits per heavy atom. The highest BCUT2D eigenvalue weighted by Gasteiger charge is 2.28. The fourth-order valence-corrected chi connectivity index (χ4v) is 1.89. The number of nitrogens with zero attached hydrogens (tertiary/aromatic N) is 2. The van der Waals surface area contributed by atoms with Gasteiger partial charge in [-0.2, -0.15) is 0 Å². The molecule has 0 aromatic carbocycles. The van der Waals surface area contributed by atoms with Crippen molar-refractivity contribution in [3.63, 3.8) is 0 Å². The second-order valence-electron chi connectivity index (χ2n) is 3.26. The molecule has 1 saturated heterocycles. The first-order valence-corrected chi connectivity index (χ1v) is 5.21. The summed E-state index contributed by atoms with van der Waals surface area (Å²) in [6, 6.07) is 0. The van der Waals surface area contributed by atoms with Gasteiger partial charge in [-0.3, -0.25) is 14.5 Å². The summed E-state index contributed by atoms with van der Waals surface area (Å²) in [7, 11) is 3.95. The predicted molar refractivity (Wildman–Crippen MR) is 52.7 cm³/mol. The highest BCUT2D eigenvalue weighted by molar-refractivity contribution is 8.14. The van der Waals surface area contributed by atoms with Crippen LogP contribution < -0.4 is 0 Å². The number of hydrogen-bond acceptors (Lipinski definition) is 4. The Balaban J connectivity index is 2.27. The summed E-state index contributed by atoms with van der Waals surface area (Å²) in [5, 5.41) is -0.0937. The van der Waals surface area contributed by atoms with Crippen LogP contribution in [0, 0.1) is 0 Å². The van der Waals surface area contributed by atoms with E-state index in [2.05, 4.69) is 0 Å². The van der Waals surface area contributed by atoms with E-state index in [1.165, 1.54) is 4.90 Å². The Morgan fingerprint density at radius 3 is 2.62 bits per heavy atom. The van der Waals surface area contributed by atoms with E-state index >= 15 is 0 Å². The number of hydrogen-bond donors (Lipinski definition) is 0. The maximum absolute atomic E-state index is 11.1. The lowest BCUT2D eigenvalue weighted by Gasteiger charge is -2.14. The van der Waals surface area contributed by atoms with Gasteiger partial charge in [-0.15, -0.1) is 0 Å². The van der Waals surface area contributed by atoms with Gasteiger partial charge in [0, 0.05) is 6.54 Å². The van der Waals surface area contributed by atoms with Gasteiger partial charge in [0.2, 0.25) is 5.91 Å². The standard InChI is InChI=1S/C8H14N2O2S/c1-9(2)4-3-5-10-7(11)6-13-8(10)12/h3-6H2,1-2H3. The molecule has 0 unspecified atom stereocenters. The van der Waals surface area contributed by atoms with Gasteiger partial charge in [-0.05, 0) is 27.1 Å². The third-order valence-electron chi connectivity index (χ3n) is 1.83. The molecule has 0 aromatic heterocycles. The van der Waals surface area contributed by atoms with Gasteiger partial charge in [0.15, 0.2) is 0 Å². The molecule has 2 amide bonds. The van der Waals surface area contributed by atoms with Gasteiger partial charge in [0.25, 0.3) is 5.24 Å². The van der Waals surface area contributed by atoms with E-state index in [1.807, 2.05) is 19.0 Å². The molecule has 0 radical (unpaired) electrons. The molecule has 0 atom stereocenters. The van der Waals surface area contributed by atoms with Gasteiger partial charge >= 0.3 is 0 Å². The highest BCUT2D eigenvalue weighted by atomic mass is 32.2. The fraction of sp³-hybridized carbons (Fsp3) is 0.750. The van der Waals surface area contributed by atoms with E-state index in [0.717, 1.165) is 24.7 Å². The molecule has 1 heterocycles. The lowest BCUT2D eigenvalue weighted by Crippen LogP contribution is -2.31. The van der Waals surface area contributed by atoms with E-state index in [1.54, 1.807) is 0 Å². The number of rotatable bonds is 4. The predicted octanol–water partition coefficient (Wildman–Crippen LogP) is 0.633. The molecule has 74 valence electrons. The third-order valence-corrected chi connectivity index (χ3v) is 2.69. The second kappa shape index (κ2) is 4.62. The maximum Gasteiger partial charge on any atom is 0.288 e. The quantitative estimate of drug-likeness (QED) is 0.670. The van der Waals surface area contributed by atoms with Crippen LogP contribution in [0.2, 0.25) is 0 Å². The van der Waals surface area contributed by atoms with Crippen molar-refractivity contribution in [2.75, 3.05) is 32.9 Å². The van der Waals surface area contributed by atoms with E-state index in [9.17, 15) is 9.59 Å². The van der Waals surface area contributed by atoms with Gasteiger partial charge in [0.05, 0.1) is 5.75 Å². The van der Waals surface area contributed by atoms with Crippen molar-refractivity contribution >= 4 is 22.9 Å². The van der Waals surface area contributed by atoms with E-state index in [-0.39, 0.29) is 11.1 Å². The minimum atomic E-state index is -0.0937. The normalized spacial score (nSPS) is 17.6. The van der Waals surface area contributed by atoms with Crippen LogP contribution in [0.3, 0.4) is 0 Å². The monoisotopic (exact) mass is 202 g/mol. The zero-order valence-corrected chi connectivity index (χ0v) is 8.76. The first-order chi connectivity index (χ1) is 6.11. The molecule has 4 nitrogen and oxygen atoms in total. The molecule has 1 aliphatic rings. The van der Waals surface area contributed by atoms with Gasteiger partial charge in [-0.25, -0.2) is 0 Å². The number of carbonyl (C=O) groups is 2. The van der Waals surface area contributed by atoms with E-state index in [0.29, 0.717) is 12.3 Å². The summed E-state index contributed by atoms with van der Waals surface area (Å²) in [5.74, 6) is 0.273. The summed E-state index contributed by atoms with van der Waals surface area (Å²) in [4.78, 5) is 25.6. The highest BCUT2D eigenvalue weighted by Crippen LogP contribution is 2.18. The lowest BCUT2D eigenvalue weighted by molar-refractivity contribution is -0.124. The molecule has 0 aromatic rings. The Bertz CT molecular complexity index is 202. The van der Waals surface area contributed by atoms with Crippen LogP contribution in [0.5, 0.6) is 0 Å². The molecule has 5 heteroatoms. The fourth-order valence-electron chi connectivity index (χ4n) is 1.14. The van der Waals surface area contributed by atoms with Crippen molar-refractivity contribution in [1.29, 1.82) is 0 Å². The van der Waals surface area contributed by atoms with Crippen molar-refractivity contribution in [2.24, 2.45) is 0 Å². The summed E-state index contributed by atoms with van der Waals surface area (Å²) in [5.41, 5.74) is 0. The van der Waals surface area contributed by atoms with Crippen molar-refractivity contribution in [2.45, 2.75) is 6.42 Å². The molecule has 0 aliphatic carbocycles. The second-order valence-corrected chi connectivity index (χ2v) is 4.18. The Morgan fingerprint density at radius 2 is 2.15 bits per heavy atom. The lowest BCUT2D eigenvalue weighted by atomic mass is 10.4. The van der Waals surface area contributed by atoms with Crippen molar-refractivity contribution < 1.29 is 9.59 Å². The zero-order valence-electron chi connectivity index (χ0n) is 7.95. The molecule has 1 fully saturated rings. The first kappa shape index (κ1) is 10.5. The van der Waals surface area contributed by atoms with Crippen LogP contribution >= 0.6 is 11.8 Å². The van der Waals surface area contributed by atoms with Crippen molar-refractivity contribution in [3.8, 4) is 0 Å². The first-order valence-electron chi connectivity index (χ1n) is 4.23. The molecule has 1 aliphatic heterocycles. The molecule has 13 heavy (non-hydrogen) atoms. The Labute approximate surface area is 82.3 Å². The molecular formula is C8H14N2O2S. The summed E-state index contributed by atoms with van der Waals surface area (Å²) in [6.07, 6.45) is 0.852. The Hall–Kier alpha value is -0.550. The summed E-state index contributed by atoms with van der Waals surface area (Å²) < 4.78 is 0. The van der Waals surface area contributed by atoms with Gasteiger partial charge in [-0.1, -0.05) is 11.8 Å². The van der Waals surface area contributed by atoms with E-state index < -0.39 is 0 Å². The molecule has 0 N–H and O–H groups in total. The molecule has 0 saturated carbocycles. The minimum absolute atomic E-state index is 0.0474.